The molecule has 3 rings (SSSR count). The molecule has 1 amide bonds. The number of nitrogens with two attached hydrogens (primary N) is 1. The lowest BCUT2D eigenvalue weighted by Gasteiger charge is -2.23. The minimum atomic E-state index is -0.496. The number of thioether (sulfide) groups is 1. The van der Waals surface area contributed by atoms with Crippen molar-refractivity contribution in [1.29, 1.82) is 0 Å². The van der Waals surface area contributed by atoms with Gasteiger partial charge in [0, 0.05) is 30.6 Å². The zero-order valence-corrected chi connectivity index (χ0v) is 15.2. The Kier molecular flexibility index (Phi) is 5.94. The summed E-state index contributed by atoms with van der Waals surface area (Å²) in [5, 5.41) is 0. The van der Waals surface area contributed by atoms with Gasteiger partial charge in [-0.1, -0.05) is 12.1 Å². The Morgan fingerprint density at radius 3 is 2.72 bits per heavy atom. The number of carbonyl (C=O) groups excluding carboxylic acids is 1. The summed E-state index contributed by atoms with van der Waals surface area (Å²) in [6.07, 6.45) is 3.75. The average Bonchev–Trinajstić information content (AvgIpc) is 3.16. The molecule has 2 heterocycles. The van der Waals surface area contributed by atoms with Crippen molar-refractivity contribution in [2.45, 2.75) is 18.9 Å². The van der Waals surface area contributed by atoms with Gasteiger partial charge in [0.15, 0.2) is 0 Å². The van der Waals surface area contributed by atoms with E-state index in [1.165, 1.54) is 29.7 Å². The zero-order chi connectivity index (χ0) is 17.6. The summed E-state index contributed by atoms with van der Waals surface area (Å²) in [5.41, 5.74) is 6.86. The average molecular weight is 357 g/mol. The van der Waals surface area contributed by atoms with E-state index in [-0.39, 0.29) is 0 Å². The van der Waals surface area contributed by atoms with Crippen molar-refractivity contribution < 1.29 is 9.53 Å². The molecule has 1 aromatic heterocycles. The molecule has 6 heteroatoms. The van der Waals surface area contributed by atoms with E-state index in [9.17, 15) is 4.79 Å². The molecule has 0 spiro atoms. The number of hydrogen-bond donors (Lipinski definition) is 1. The van der Waals surface area contributed by atoms with Crippen molar-refractivity contribution in [3.8, 4) is 11.6 Å². The SMILES string of the molecule is CN(CCc1ccc(Oc2ccc(C(N)=O)cn2)cc1)C1CCSC1. The van der Waals surface area contributed by atoms with Crippen molar-refractivity contribution in [3.63, 3.8) is 0 Å². The Morgan fingerprint density at radius 2 is 2.12 bits per heavy atom. The second kappa shape index (κ2) is 8.36. The van der Waals surface area contributed by atoms with Crippen LogP contribution in [0.2, 0.25) is 0 Å². The summed E-state index contributed by atoms with van der Waals surface area (Å²) in [6, 6.07) is 12.0. The van der Waals surface area contributed by atoms with Gasteiger partial charge in [0.25, 0.3) is 0 Å². The van der Waals surface area contributed by atoms with E-state index in [1.54, 1.807) is 12.1 Å². The van der Waals surface area contributed by atoms with E-state index < -0.39 is 5.91 Å². The first kappa shape index (κ1) is 17.8. The molecule has 1 aromatic carbocycles. The van der Waals surface area contributed by atoms with Crippen LogP contribution in [-0.4, -0.2) is 46.9 Å². The molecular formula is C19H23N3O2S. The molecule has 1 atom stereocenters. The molecule has 5 nitrogen and oxygen atoms in total. The van der Waals surface area contributed by atoms with Gasteiger partial charge in [-0.15, -0.1) is 0 Å². The van der Waals surface area contributed by atoms with Gasteiger partial charge >= 0.3 is 0 Å². The number of hydrogen-bond acceptors (Lipinski definition) is 5. The fourth-order valence-electron chi connectivity index (χ4n) is 2.79. The second-order valence-electron chi connectivity index (χ2n) is 6.24. The van der Waals surface area contributed by atoms with Gasteiger partial charge in [-0.05, 0) is 49.4 Å². The van der Waals surface area contributed by atoms with Gasteiger partial charge in [0.05, 0.1) is 5.56 Å². The maximum Gasteiger partial charge on any atom is 0.250 e. The lowest BCUT2D eigenvalue weighted by molar-refractivity contribution is 0.1000. The summed E-state index contributed by atoms with van der Waals surface area (Å²) < 4.78 is 5.70. The van der Waals surface area contributed by atoms with Gasteiger partial charge in [-0.25, -0.2) is 4.98 Å². The van der Waals surface area contributed by atoms with Crippen LogP contribution >= 0.6 is 11.8 Å². The van der Waals surface area contributed by atoms with E-state index in [4.69, 9.17) is 10.5 Å². The van der Waals surface area contributed by atoms with Crippen LogP contribution in [0, 0.1) is 0 Å². The monoisotopic (exact) mass is 357 g/mol. The third-order valence-corrected chi connectivity index (χ3v) is 5.59. The lowest BCUT2D eigenvalue weighted by atomic mass is 10.1. The Morgan fingerprint density at radius 1 is 1.32 bits per heavy atom. The molecule has 0 radical (unpaired) electrons. The molecule has 0 aliphatic carbocycles. The summed E-state index contributed by atoms with van der Waals surface area (Å²) in [4.78, 5) is 17.6. The quantitative estimate of drug-likeness (QED) is 0.825. The predicted octanol–water partition coefficient (Wildman–Crippen LogP) is 2.95. The number of likely N-dealkylation sites (N-methyl/N-ethyl adjacent to an activating group) is 1. The van der Waals surface area contributed by atoms with Crippen molar-refractivity contribution >= 4 is 17.7 Å². The molecule has 132 valence electrons. The highest BCUT2D eigenvalue weighted by Gasteiger charge is 2.19. The standard InChI is InChI=1S/C19H23N3O2S/c1-22(16-9-11-25-13-16)10-8-14-2-5-17(6-3-14)24-18-7-4-15(12-21-18)19(20)23/h2-7,12,16H,8-11,13H2,1H3,(H2,20,23). The number of benzene rings is 1. The van der Waals surface area contributed by atoms with Crippen LogP contribution in [0.1, 0.15) is 22.3 Å². The molecule has 2 N–H and O–H groups in total. The molecule has 0 bridgehead atoms. The molecule has 1 fully saturated rings. The Hall–Kier alpha value is -2.05. The van der Waals surface area contributed by atoms with Crippen LogP contribution in [0.15, 0.2) is 42.6 Å². The molecule has 1 aliphatic heterocycles. The Bertz CT molecular complexity index is 698. The van der Waals surface area contributed by atoms with Crippen molar-refractivity contribution in [1.82, 2.24) is 9.88 Å². The van der Waals surface area contributed by atoms with Crippen LogP contribution in [0.5, 0.6) is 11.6 Å². The Balaban J connectivity index is 1.52. The van der Waals surface area contributed by atoms with Gasteiger partial charge in [-0.3, -0.25) is 4.79 Å². The van der Waals surface area contributed by atoms with Gasteiger partial charge in [-0.2, -0.15) is 11.8 Å². The summed E-state index contributed by atoms with van der Waals surface area (Å²) >= 11 is 2.05. The highest BCUT2D eigenvalue weighted by Crippen LogP contribution is 2.22. The van der Waals surface area contributed by atoms with Gasteiger partial charge < -0.3 is 15.4 Å². The van der Waals surface area contributed by atoms with Crippen LogP contribution in [0.3, 0.4) is 0 Å². The van der Waals surface area contributed by atoms with Crippen LogP contribution in [0.25, 0.3) is 0 Å². The van der Waals surface area contributed by atoms with E-state index in [0.717, 1.165) is 24.8 Å². The zero-order valence-electron chi connectivity index (χ0n) is 14.4. The van der Waals surface area contributed by atoms with Crippen LogP contribution in [0.4, 0.5) is 0 Å². The smallest absolute Gasteiger partial charge is 0.250 e. The number of nitrogens with zero attached hydrogens (tertiary/aromatic N) is 2. The summed E-state index contributed by atoms with van der Waals surface area (Å²) in [7, 11) is 2.22. The molecule has 1 aliphatic rings. The number of pyridine rings is 1. The molecule has 1 unspecified atom stereocenters. The van der Waals surface area contributed by atoms with Crippen LogP contribution in [-0.2, 0) is 6.42 Å². The first-order chi connectivity index (χ1) is 12.1. The molecule has 0 saturated carbocycles. The first-order valence-corrected chi connectivity index (χ1v) is 9.58. The first-order valence-electron chi connectivity index (χ1n) is 8.42. The fraction of sp³-hybridized carbons (Fsp3) is 0.368. The highest BCUT2D eigenvalue weighted by molar-refractivity contribution is 7.99. The lowest BCUT2D eigenvalue weighted by Crippen LogP contribution is -2.33. The third-order valence-electron chi connectivity index (χ3n) is 4.45. The molecule has 2 aromatic rings. The predicted molar refractivity (Wildman–Crippen MR) is 101 cm³/mol. The van der Waals surface area contributed by atoms with Gasteiger partial charge in [0.1, 0.15) is 5.75 Å². The number of aromatic nitrogens is 1. The normalized spacial score (nSPS) is 17.0. The van der Waals surface area contributed by atoms with E-state index >= 15 is 0 Å². The van der Waals surface area contributed by atoms with Crippen LogP contribution < -0.4 is 10.5 Å². The topological polar surface area (TPSA) is 68.5 Å². The van der Waals surface area contributed by atoms with E-state index in [1.807, 2.05) is 23.9 Å². The van der Waals surface area contributed by atoms with Crippen molar-refractivity contribution in [2.75, 3.05) is 25.1 Å². The third kappa shape index (κ3) is 4.96. The van der Waals surface area contributed by atoms with E-state index in [0.29, 0.717) is 11.4 Å². The minimum Gasteiger partial charge on any atom is -0.439 e. The van der Waals surface area contributed by atoms with Crippen molar-refractivity contribution in [2.24, 2.45) is 5.73 Å². The van der Waals surface area contributed by atoms with Crippen molar-refractivity contribution in [3.05, 3.63) is 53.7 Å². The minimum absolute atomic E-state index is 0.368. The highest BCUT2D eigenvalue weighted by atomic mass is 32.2. The maximum atomic E-state index is 11.0. The summed E-state index contributed by atoms with van der Waals surface area (Å²) in [5.74, 6) is 3.21. The number of ether oxygens (including phenoxy) is 1. The number of primary amides is 1. The number of amides is 1. The maximum absolute atomic E-state index is 11.0. The molecular weight excluding hydrogens is 334 g/mol. The largest absolute Gasteiger partial charge is 0.439 e. The van der Waals surface area contributed by atoms with E-state index in [2.05, 4.69) is 29.1 Å². The number of rotatable bonds is 7. The second-order valence-corrected chi connectivity index (χ2v) is 7.39. The molecule has 25 heavy (non-hydrogen) atoms. The Labute approximate surface area is 152 Å². The number of carbonyl (C=O) groups is 1. The van der Waals surface area contributed by atoms with Gasteiger partial charge in [0.2, 0.25) is 11.8 Å². The fourth-order valence-corrected chi connectivity index (χ4v) is 4.09. The molecule has 1 saturated heterocycles. The summed E-state index contributed by atoms with van der Waals surface area (Å²) in [6.45, 7) is 1.07.